The molecule has 0 aromatic carbocycles. The van der Waals surface area contributed by atoms with Gasteiger partial charge in [-0.3, -0.25) is 4.79 Å². The van der Waals surface area contributed by atoms with Gasteiger partial charge in [0.1, 0.15) is 5.76 Å². The Hall–Kier alpha value is -2.02. The third kappa shape index (κ3) is 4.34. The SMILES string of the molecule is Cc1ccc[n+]([C@H](C(=O)c2ccc(Cl)s2)C(=S)NCc2ccco2)c1. The van der Waals surface area contributed by atoms with Gasteiger partial charge in [0, 0.05) is 11.6 Å². The number of aryl methyl sites for hydroxylation is 1. The summed E-state index contributed by atoms with van der Waals surface area (Å²) < 4.78 is 7.70. The molecule has 3 rings (SSSR count). The van der Waals surface area contributed by atoms with Gasteiger partial charge in [0.25, 0.3) is 6.04 Å². The van der Waals surface area contributed by atoms with Gasteiger partial charge < -0.3 is 9.73 Å². The van der Waals surface area contributed by atoms with Crippen molar-refractivity contribution in [2.24, 2.45) is 0 Å². The van der Waals surface area contributed by atoms with E-state index in [0.29, 0.717) is 20.7 Å². The van der Waals surface area contributed by atoms with Crippen molar-refractivity contribution in [1.82, 2.24) is 5.32 Å². The Morgan fingerprint density at radius 3 is 2.84 bits per heavy atom. The zero-order chi connectivity index (χ0) is 17.8. The summed E-state index contributed by atoms with van der Waals surface area (Å²) in [5.41, 5.74) is 1.04. The number of nitrogens with zero attached hydrogens (tertiary/aromatic N) is 1. The van der Waals surface area contributed by atoms with Crippen LogP contribution >= 0.6 is 35.2 Å². The average Bonchev–Trinajstić information content (AvgIpc) is 3.24. The van der Waals surface area contributed by atoms with Crippen LogP contribution in [0.15, 0.2) is 59.5 Å². The number of furan rings is 1. The molecule has 0 fully saturated rings. The third-order valence-corrected chi connectivity index (χ3v) is 5.21. The number of thiophene rings is 1. The largest absolute Gasteiger partial charge is 0.467 e. The molecule has 0 saturated carbocycles. The summed E-state index contributed by atoms with van der Waals surface area (Å²) >= 11 is 12.8. The summed E-state index contributed by atoms with van der Waals surface area (Å²) in [6.45, 7) is 2.40. The predicted octanol–water partition coefficient (Wildman–Crippen LogP) is 4.13. The van der Waals surface area contributed by atoms with Crippen molar-refractivity contribution < 1.29 is 13.8 Å². The van der Waals surface area contributed by atoms with E-state index >= 15 is 0 Å². The zero-order valence-corrected chi connectivity index (χ0v) is 15.8. The first kappa shape index (κ1) is 17.8. The van der Waals surface area contributed by atoms with E-state index in [0.717, 1.165) is 11.3 Å². The van der Waals surface area contributed by atoms with Crippen LogP contribution in [0.25, 0.3) is 0 Å². The number of Topliss-reactive ketones (excluding diaryl/α,β-unsaturated/α-hetero) is 1. The van der Waals surface area contributed by atoms with E-state index in [2.05, 4.69) is 5.32 Å². The molecular formula is C18H16ClN2O2S2+. The van der Waals surface area contributed by atoms with Crippen molar-refractivity contribution in [1.29, 1.82) is 0 Å². The molecule has 4 nitrogen and oxygen atoms in total. The van der Waals surface area contributed by atoms with Crippen molar-refractivity contribution in [3.8, 4) is 0 Å². The van der Waals surface area contributed by atoms with Gasteiger partial charge in [-0.15, -0.1) is 11.3 Å². The van der Waals surface area contributed by atoms with Crippen LogP contribution < -0.4 is 9.88 Å². The van der Waals surface area contributed by atoms with Crippen LogP contribution in [0.4, 0.5) is 0 Å². The van der Waals surface area contributed by atoms with E-state index in [9.17, 15) is 4.79 Å². The number of aromatic nitrogens is 1. The number of carbonyl (C=O) groups is 1. The number of ketones is 1. The van der Waals surface area contributed by atoms with Gasteiger partial charge in [-0.2, -0.15) is 4.57 Å². The molecule has 7 heteroatoms. The number of pyridine rings is 1. The summed E-state index contributed by atoms with van der Waals surface area (Å²) in [6.07, 6.45) is 5.34. The standard InChI is InChI=1S/C18H15ClN2O2S2/c1-12-4-2-8-21(11-12)16(17(22)14-6-7-15(19)25-14)18(24)20-10-13-5-3-9-23-13/h2-9,11,16H,10H2,1H3/p+1/t16-/m1/s1. The second-order valence-corrected chi connectivity index (χ2v) is 7.65. The Kier molecular flexibility index (Phi) is 5.63. The molecular weight excluding hydrogens is 376 g/mol. The summed E-state index contributed by atoms with van der Waals surface area (Å²) in [5.74, 6) is 0.659. The van der Waals surface area contributed by atoms with E-state index < -0.39 is 6.04 Å². The molecule has 0 saturated heterocycles. The predicted molar refractivity (Wildman–Crippen MR) is 102 cm³/mol. The van der Waals surface area contributed by atoms with Crippen LogP contribution in [0.2, 0.25) is 4.34 Å². The van der Waals surface area contributed by atoms with Crippen LogP contribution in [0.1, 0.15) is 27.0 Å². The maximum Gasteiger partial charge on any atom is 0.271 e. The lowest BCUT2D eigenvalue weighted by molar-refractivity contribution is -0.692. The number of nitrogens with one attached hydrogen (secondary N) is 1. The molecule has 0 unspecified atom stereocenters. The molecule has 128 valence electrons. The van der Waals surface area contributed by atoms with Gasteiger partial charge in [-0.25, -0.2) is 0 Å². The first-order valence-electron chi connectivity index (χ1n) is 7.61. The number of halogens is 1. The van der Waals surface area contributed by atoms with Crippen molar-refractivity contribution in [2.45, 2.75) is 19.5 Å². The molecule has 0 bridgehead atoms. The van der Waals surface area contributed by atoms with Gasteiger partial charge in [0.2, 0.25) is 5.78 Å². The van der Waals surface area contributed by atoms with Crippen molar-refractivity contribution in [3.63, 3.8) is 0 Å². The summed E-state index contributed by atoms with van der Waals surface area (Å²) in [7, 11) is 0. The van der Waals surface area contributed by atoms with Crippen molar-refractivity contribution in [2.75, 3.05) is 0 Å². The smallest absolute Gasteiger partial charge is 0.271 e. The van der Waals surface area contributed by atoms with Crippen molar-refractivity contribution >= 4 is 45.9 Å². The second kappa shape index (κ2) is 7.91. The summed E-state index contributed by atoms with van der Waals surface area (Å²) in [5, 5.41) is 3.13. The van der Waals surface area contributed by atoms with Gasteiger partial charge in [0.15, 0.2) is 17.4 Å². The van der Waals surface area contributed by atoms with Gasteiger partial charge in [0.05, 0.1) is 22.0 Å². The Labute approximate surface area is 160 Å². The third-order valence-electron chi connectivity index (χ3n) is 3.60. The Morgan fingerprint density at radius 1 is 1.36 bits per heavy atom. The minimum Gasteiger partial charge on any atom is -0.467 e. The lowest BCUT2D eigenvalue weighted by Crippen LogP contribution is -2.51. The number of rotatable bonds is 6. The average molecular weight is 392 g/mol. The van der Waals surface area contributed by atoms with Crippen molar-refractivity contribution in [3.05, 3.63) is 75.6 Å². The maximum absolute atomic E-state index is 13.1. The molecule has 1 N–H and O–H groups in total. The van der Waals surface area contributed by atoms with Crippen LogP contribution in [-0.4, -0.2) is 10.8 Å². The van der Waals surface area contributed by atoms with Crippen LogP contribution in [0, 0.1) is 6.92 Å². The summed E-state index contributed by atoms with van der Waals surface area (Å²) in [4.78, 5) is 14.1. The number of hydrogen-bond acceptors (Lipinski definition) is 4. The van der Waals surface area contributed by atoms with E-state index in [4.69, 9.17) is 28.2 Å². The van der Waals surface area contributed by atoms with E-state index in [-0.39, 0.29) is 5.78 Å². The zero-order valence-electron chi connectivity index (χ0n) is 13.4. The number of hydrogen-bond donors (Lipinski definition) is 1. The first-order valence-corrected chi connectivity index (χ1v) is 9.22. The lowest BCUT2D eigenvalue weighted by atomic mass is 10.1. The van der Waals surface area contributed by atoms with Crippen LogP contribution in [0.5, 0.6) is 0 Å². The van der Waals surface area contributed by atoms with Gasteiger partial charge >= 0.3 is 0 Å². The Morgan fingerprint density at radius 2 is 2.20 bits per heavy atom. The molecule has 0 spiro atoms. The number of carbonyl (C=O) groups excluding carboxylic acids is 1. The molecule has 0 amide bonds. The van der Waals surface area contributed by atoms with Gasteiger partial charge in [-0.05, 0) is 37.3 Å². The molecule has 3 aromatic heterocycles. The molecule has 0 aliphatic rings. The lowest BCUT2D eigenvalue weighted by Gasteiger charge is -2.13. The van der Waals surface area contributed by atoms with Crippen LogP contribution in [-0.2, 0) is 6.54 Å². The topological polar surface area (TPSA) is 46.1 Å². The monoisotopic (exact) mass is 391 g/mol. The molecule has 0 aliphatic carbocycles. The highest BCUT2D eigenvalue weighted by atomic mass is 35.5. The fourth-order valence-electron chi connectivity index (χ4n) is 2.43. The fraction of sp³-hybridized carbons (Fsp3) is 0.167. The minimum atomic E-state index is -0.639. The second-order valence-electron chi connectivity index (χ2n) is 5.50. The molecule has 0 radical (unpaired) electrons. The molecule has 3 aromatic rings. The van der Waals surface area contributed by atoms with E-state index in [1.165, 1.54) is 11.3 Å². The summed E-state index contributed by atoms with van der Waals surface area (Å²) in [6, 6.07) is 10.3. The molecule has 0 aliphatic heterocycles. The maximum atomic E-state index is 13.1. The van der Waals surface area contributed by atoms with E-state index in [1.54, 1.807) is 18.4 Å². The minimum absolute atomic E-state index is 0.0931. The highest BCUT2D eigenvalue weighted by Crippen LogP contribution is 2.24. The Bertz CT molecular complexity index is 890. The fourth-order valence-corrected chi connectivity index (χ4v) is 3.74. The Balaban J connectivity index is 1.88. The molecule has 3 heterocycles. The van der Waals surface area contributed by atoms with E-state index in [1.807, 2.05) is 48.1 Å². The molecule has 25 heavy (non-hydrogen) atoms. The van der Waals surface area contributed by atoms with Crippen LogP contribution in [0.3, 0.4) is 0 Å². The highest BCUT2D eigenvalue weighted by Gasteiger charge is 2.34. The quantitative estimate of drug-likeness (QED) is 0.390. The number of thiocarbonyl (C=S) groups is 1. The normalized spacial score (nSPS) is 11.9. The molecule has 1 atom stereocenters. The first-order chi connectivity index (χ1) is 12.0. The van der Waals surface area contributed by atoms with Gasteiger partial charge in [-0.1, -0.05) is 23.8 Å². The highest BCUT2D eigenvalue weighted by molar-refractivity contribution is 7.80.